The number of carbonyl (C=O) groups is 2. The van der Waals surface area contributed by atoms with Gasteiger partial charge in [-0.1, -0.05) is 18.2 Å². The van der Waals surface area contributed by atoms with Gasteiger partial charge in [-0.15, -0.1) is 0 Å². The molecule has 0 aromatic heterocycles. The molecule has 3 rings (SSSR count). The number of nitrogens with one attached hydrogen (secondary N) is 2. The Morgan fingerprint density at radius 3 is 2.81 bits per heavy atom. The fourth-order valence-corrected chi connectivity index (χ4v) is 2.91. The summed E-state index contributed by atoms with van der Waals surface area (Å²) in [7, 11) is 1.55. The molecule has 0 saturated carbocycles. The number of aryl methyl sites for hydroxylation is 1. The summed E-state index contributed by atoms with van der Waals surface area (Å²) in [5.74, 6) is -0.857. The molecule has 0 aliphatic carbocycles. The lowest BCUT2D eigenvalue weighted by molar-refractivity contribution is -0.121. The van der Waals surface area contributed by atoms with Crippen molar-refractivity contribution in [2.45, 2.75) is 19.3 Å². The second-order valence-corrected chi connectivity index (χ2v) is 6.11. The Balaban J connectivity index is 1.90. The van der Waals surface area contributed by atoms with Gasteiger partial charge >= 0.3 is 0 Å². The second-order valence-electron chi connectivity index (χ2n) is 6.11. The van der Waals surface area contributed by atoms with Crippen LogP contribution in [-0.4, -0.2) is 18.9 Å². The van der Waals surface area contributed by atoms with Crippen LogP contribution in [0.2, 0.25) is 0 Å². The molecule has 6 heteroatoms. The number of hydrogen-bond donors (Lipinski definition) is 2. The minimum absolute atomic E-state index is 0.0831. The van der Waals surface area contributed by atoms with Gasteiger partial charge in [-0.25, -0.2) is 4.39 Å². The van der Waals surface area contributed by atoms with Crippen LogP contribution in [0.5, 0.6) is 5.75 Å². The summed E-state index contributed by atoms with van der Waals surface area (Å²) in [6, 6.07) is 11.3. The lowest BCUT2D eigenvalue weighted by Gasteiger charge is -2.24. The number of carbonyl (C=O) groups excluding carboxylic acids is 2. The molecule has 1 aliphatic rings. The normalized spacial score (nSPS) is 16.5. The summed E-state index contributed by atoms with van der Waals surface area (Å²) >= 11 is 0. The van der Waals surface area contributed by atoms with Gasteiger partial charge in [0.2, 0.25) is 5.91 Å². The fraction of sp³-hybridized carbons (Fsp3) is 0.200. The van der Waals surface area contributed by atoms with E-state index in [1.165, 1.54) is 18.3 Å². The Kier molecular flexibility index (Phi) is 5.02. The Morgan fingerprint density at radius 2 is 2.08 bits per heavy atom. The predicted octanol–water partition coefficient (Wildman–Crippen LogP) is 3.27. The highest BCUT2D eigenvalue weighted by Crippen LogP contribution is 2.32. The van der Waals surface area contributed by atoms with E-state index in [-0.39, 0.29) is 18.2 Å². The van der Waals surface area contributed by atoms with Crippen LogP contribution < -0.4 is 15.4 Å². The van der Waals surface area contributed by atoms with Crippen LogP contribution in [-0.2, 0) is 9.59 Å². The fourth-order valence-electron chi connectivity index (χ4n) is 2.91. The van der Waals surface area contributed by atoms with Crippen molar-refractivity contribution in [3.63, 3.8) is 0 Å². The van der Waals surface area contributed by atoms with E-state index in [0.717, 1.165) is 5.56 Å². The van der Waals surface area contributed by atoms with Crippen LogP contribution in [0.3, 0.4) is 0 Å². The van der Waals surface area contributed by atoms with Crippen molar-refractivity contribution in [1.82, 2.24) is 5.32 Å². The number of rotatable bonds is 4. The highest BCUT2D eigenvalue weighted by atomic mass is 19.1. The molecule has 134 valence electrons. The molecule has 2 N–H and O–H groups in total. The van der Waals surface area contributed by atoms with Gasteiger partial charge in [0, 0.05) is 35.9 Å². The Hall–Kier alpha value is -3.15. The first-order valence-corrected chi connectivity index (χ1v) is 8.19. The molecule has 5 nitrogen and oxygen atoms in total. The molecule has 0 spiro atoms. The molecule has 26 heavy (non-hydrogen) atoms. The molecule has 1 atom stereocenters. The lowest BCUT2D eigenvalue weighted by Crippen LogP contribution is -2.32. The molecule has 1 aliphatic heterocycles. The topological polar surface area (TPSA) is 67.4 Å². The molecule has 0 bridgehead atoms. The average molecular weight is 354 g/mol. The molecule has 0 radical (unpaired) electrons. The molecule has 0 saturated heterocycles. The van der Waals surface area contributed by atoms with Crippen LogP contribution in [0.15, 0.2) is 54.2 Å². The largest absolute Gasteiger partial charge is 0.497 e. The first kappa shape index (κ1) is 17.7. The van der Waals surface area contributed by atoms with E-state index in [1.54, 1.807) is 31.4 Å². The lowest BCUT2D eigenvalue weighted by atomic mass is 9.86. The molecule has 2 aromatic carbocycles. The van der Waals surface area contributed by atoms with E-state index in [1.807, 2.05) is 13.0 Å². The van der Waals surface area contributed by atoms with Crippen LogP contribution in [0.25, 0.3) is 0 Å². The number of benzene rings is 2. The highest BCUT2D eigenvalue weighted by Gasteiger charge is 2.29. The maximum absolute atomic E-state index is 13.6. The van der Waals surface area contributed by atoms with E-state index in [4.69, 9.17) is 4.74 Å². The number of ether oxygens (including phenoxy) is 1. The van der Waals surface area contributed by atoms with Gasteiger partial charge < -0.3 is 15.4 Å². The van der Waals surface area contributed by atoms with Crippen molar-refractivity contribution in [3.8, 4) is 5.75 Å². The number of methoxy groups -OCH3 is 1. The minimum Gasteiger partial charge on any atom is -0.497 e. The van der Waals surface area contributed by atoms with Gasteiger partial charge in [0.1, 0.15) is 11.6 Å². The van der Waals surface area contributed by atoms with Gasteiger partial charge in [0.15, 0.2) is 0 Å². The smallest absolute Gasteiger partial charge is 0.253 e. The number of anilines is 1. The van der Waals surface area contributed by atoms with E-state index >= 15 is 0 Å². The summed E-state index contributed by atoms with van der Waals surface area (Å²) < 4.78 is 18.8. The summed E-state index contributed by atoms with van der Waals surface area (Å²) in [5.41, 5.74) is 2.45. The SMILES string of the molecule is COc1ccc(C)c(NC(=O)C2=CNC(=O)C[C@@H]2c2cccc(F)c2)c1. The first-order valence-electron chi connectivity index (χ1n) is 8.19. The number of halogens is 1. The quantitative estimate of drug-likeness (QED) is 0.886. The Bertz CT molecular complexity index is 892. The third-order valence-electron chi connectivity index (χ3n) is 4.36. The zero-order valence-electron chi connectivity index (χ0n) is 14.5. The molecular formula is C20H19FN2O3. The number of hydrogen-bond acceptors (Lipinski definition) is 3. The Morgan fingerprint density at radius 1 is 1.27 bits per heavy atom. The first-order chi connectivity index (χ1) is 12.5. The monoisotopic (exact) mass is 354 g/mol. The van der Waals surface area contributed by atoms with Gasteiger partial charge in [-0.2, -0.15) is 0 Å². The predicted molar refractivity (Wildman–Crippen MR) is 96.3 cm³/mol. The molecule has 0 fully saturated rings. The van der Waals surface area contributed by atoms with Crippen molar-refractivity contribution in [1.29, 1.82) is 0 Å². The van der Waals surface area contributed by atoms with Crippen LogP contribution in [0, 0.1) is 12.7 Å². The van der Waals surface area contributed by atoms with Crippen molar-refractivity contribution < 1.29 is 18.7 Å². The molecule has 2 aromatic rings. The van der Waals surface area contributed by atoms with Crippen LogP contribution in [0.1, 0.15) is 23.5 Å². The second kappa shape index (κ2) is 7.39. The van der Waals surface area contributed by atoms with Gasteiger partial charge in [-0.05, 0) is 36.2 Å². The summed E-state index contributed by atoms with van der Waals surface area (Å²) in [5, 5.41) is 5.42. The minimum atomic E-state index is -0.509. The Labute approximate surface area is 150 Å². The van der Waals surface area contributed by atoms with Gasteiger partial charge in [0.05, 0.1) is 7.11 Å². The summed E-state index contributed by atoms with van der Waals surface area (Å²) in [6.07, 6.45) is 1.48. The maximum Gasteiger partial charge on any atom is 0.253 e. The highest BCUT2D eigenvalue weighted by molar-refractivity contribution is 6.06. The van der Waals surface area contributed by atoms with E-state index in [0.29, 0.717) is 22.6 Å². The van der Waals surface area contributed by atoms with Crippen molar-refractivity contribution in [3.05, 3.63) is 71.2 Å². The zero-order valence-corrected chi connectivity index (χ0v) is 14.5. The molecule has 2 amide bonds. The van der Waals surface area contributed by atoms with E-state index in [2.05, 4.69) is 10.6 Å². The third-order valence-corrected chi connectivity index (χ3v) is 4.36. The van der Waals surface area contributed by atoms with Crippen LogP contribution >= 0.6 is 0 Å². The standard InChI is InChI=1S/C20H19FN2O3/c1-12-6-7-15(26-2)9-18(12)23-20(25)17-11-22-19(24)10-16(17)13-4-3-5-14(21)8-13/h3-9,11,16H,10H2,1-2H3,(H,22,24)(H,23,25)/t16-/m1/s1. The summed E-state index contributed by atoms with van der Waals surface area (Å²) in [6.45, 7) is 1.87. The molecular weight excluding hydrogens is 335 g/mol. The summed E-state index contributed by atoms with van der Waals surface area (Å²) in [4.78, 5) is 24.6. The van der Waals surface area contributed by atoms with Gasteiger partial charge in [-0.3, -0.25) is 9.59 Å². The van der Waals surface area contributed by atoms with E-state index < -0.39 is 11.7 Å². The van der Waals surface area contributed by atoms with Gasteiger partial charge in [0.25, 0.3) is 5.91 Å². The van der Waals surface area contributed by atoms with E-state index in [9.17, 15) is 14.0 Å². The van der Waals surface area contributed by atoms with Crippen LogP contribution in [0.4, 0.5) is 10.1 Å². The molecule has 1 heterocycles. The average Bonchev–Trinajstić information content (AvgIpc) is 2.63. The number of amides is 2. The van der Waals surface area contributed by atoms with Crippen molar-refractivity contribution >= 4 is 17.5 Å². The van der Waals surface area contributed by atoms with Crippen molar-refractivity contribution in [2.75, 3.05) is 12.4 Å². The maximum atomic E-state index is 13.6. The van der Waals surface area contributed by atoms with Crippen molar-refractivity contribution in [2.24, 2.45) is 0 Å². The zero-order chi connectivity index (χ0) is 18.7. The third kappa shape index (κ3) is 3.74. The molecule has 0 unspecified atom stereocenters.